The molecule has 0 saturated carbocycles. The standard InChI is InChI=1S/C60H116O6/c1-6-8-9-10-11-12-13-14-15-16-17-18-23-26-29-32-35-42-47-52-60(63)66-57(54-65-59(62)51-46-41-37-36-39-44-49-56(5)7-2)53-64-58(61)50-45-40-34-31-28-25-22-20-19-21-24-27-30-33-38-43-48-55(3)4/h55-57H,6-54H2,1-5H3/t56?,57-/m0/s1. The van der Waals surface area contributed by atoms with E-state index in [1.807, 2.05) is 0 Å². The van der Waals surface area contributed by atoms with Gasteiger partial charge in [0, 0.05) is 19.3 Å². The topological polar surface area (TPSA) is 78.9 Å². The van der Waals surface area contributed by atoms with Crippen molar-refractivity contribution in [2.45, 2.75) is 343 Å². The minimum absolute atomic E-state index is 0.0634. The highest BCUT2D eigenvalue weighted by Crippen LogP contribution is 2.19. The normalized spacial score (nSPS) is 12.5. The fraction of sp³-hybridized carbons (Fsp3) is 0.950. The lowest BCUT2D eigenvalue weighted by Crippen LogP contribution is -2.30. The van der Waals surface area contributed by atoms with Crippen LogP contribution in [0, 0.1) is 11.8 Å². The van der Waals surface area contributed by atoms with Crippen LogP contribution in [0.2, 0.25) is 0 Å². The number of esters is 3. The molecule has 0 N–H and O–H groups in total. The molecular formula is C60H116O6. The average molecular weight is 934 g/mol. The molecule has 1 unspecified atom stereocenters. The van der Waals surface area contributed by atoms with Gasteiger partial charge in [-0.1, -0.05) is 298 Å². The molecule has 66 heavy (non-hydrogen) atoms. The van der Waals surface area contributed by atoms with Crippen LogP contribution < -0.4 is 0 Å². The number of ether oxygens (including phenoxy) is 3. The SMILES string of the molecule is CCCCCCCCCCCCCCCCCCCCCC(=O)O[C@@H](COC(=O)CCCCCCCCCCCCCCCCCCC(C)C)COC(=O)CCCCCCCCC(C)CC. The molecule has 0 radical (unpaired) electrons. The first-order valence-electron chi connectivity index (χ1n) is 29.8. The first kappa shape index (κ1) is 64.4. The minimum Gasteiger partial charge on any atom is -0.462 e. The predicted octanol–water partition coefficient (Wildman–Crippen LogP) is 19.7. The highest BCUT2D eigenvalue weighted by atomic mass is 16.6. The van der Waals surface area contributed by atoms with Gasteiger partial charge in [-0.25, -0.2) is 0 Å². The Balaban J connectivity index is 4.23. The van der Waals surface area contributed by atoms with Crippen LogP contribution >= 0.6 is 0 Å². The molecule has 0 bridgehead atoms. The summed E-state index contributed by atoms with van der Waals surface area (Å²) in [7, 11) is 0. The Bertz CT molecular complexity index is 1010. The van der Waals surface area contributed by atoms with Crippen LogP contribution in [0.3, 0.4) is 0 Å². The molecule has 0 aromatic rings. The van der Waals surface area contributed by atoms with E-state index in [4.69, 9.17) is 14.2 Å². The van der Waals surface area contributed by atoms with Crippen molar-refractivity contribution in [2.24, 2.45) is 11.8 Å². The third-order valence-corrected chi connectivity index (χ3v) is 14.1. The summed E-state index contributed by atoms with van der Waals surface area (Å²) in [6.45, 7) is 11.4. The van der Waals surface area contributed by atoms with Crippen LogP contribution in [0.1, 0.15) is 336 Å². The zero-order valence-electron chi connectivity index (χ0n) is 45.3. The van der Waals surface area contributed by atoms with E-state index in [1.54, 1.807) is 0 Å². The molecule has 392 valence electrons. The molecule has 6 nitrogen and oxygen atoms in total. The third kappa shape index (κ3) is 51.8. The molecule has 0 amide bonds. The Morgan fingerprint density at radius 3 is 0.864 bits per heavy atom. The monoisotopic (exact) mass is 933 g/mol. The fourth-order valence-electron chi connectivity index (χ4n) is 9.20. The van der Waals surface area contributed by atoms with Gasteiger partial charge in [-0.05, 0) is 31.1 Å². The van der Waals surface area contributed by atoms with E-state index in [0.29, 0.717) is 19.3 Å². The number of carbonyl (C=O) groups excluding carboxylic acids is 3. The number of rotatable bonds is 54. The first-order valence-corrected chi connectivity index (χ1v) is 29.8. The molecule has 0 rings (SSSR count). The molecule has 0 aliphatic heterocycles. The van der Waals surface area contributed by atoms with Crippen molar-refractivity contribution in [2.75, 3.05) is 13.2 Å². The van der Waals surface area contributed by atoms with Gasteiger partial charge >= 0.3 is 17.9 Å². The molecule has 0 heterocycles. The number of hydrogen-bond donors (Lipinski definition) is 0. The van der Waals surface area contributed by atoms with Gasteiger partial charge in [0.15, 0.2) is 6.10 Å². The summed E-state index contributed by atoms with van der Waals surface area (Å²) in [5.41, 5.74) is 0. The van der Waals surface area contributed by atoms with Gasteiger partial charge in [-0.2, -0.15) is 0 Å². The molecule has 0 aliphatic rings. The van der Waals surface area contributed by atoms with E-state index >= 15 is 0 Å². The lowest BCUT2D eigenvalue weighted by atomic mass is 10.00. The minimum atomic E-state index is -0.763. The zero-order chi connectivity index (χ0) is 48.2. The fourth-order valence-corrected chi connectivity index (χ4v) is 9.20. The summed E-state index contributed by atoms with van der Waals surface area (Å²) in [5, 5.41) is 0. The summed E-state index contributed by atoms with van der Waals surface area (Å²) >= 11 is 0. The molecule has 2 atom stereocenters. The predicted molar refractivity (Wildman–Crippen MR) is 284 cm³/mol. The maximum atomic E-state index is 12.9. The van der Waals surface area contributed by atoms with E-state index in [1.165, 1.54) is 225 Å². The van der Waals surface area contributed by atoms with Crippen LogP contribution in [0.25, 0.3) is 0 Å². The Morgan fingerprint density at radius 1 is 0.318 bits per heavy atom. The summed E-state index contributed by atoms with van der Waals surface area (Å²) in [6, 6.07) is 0. The molecule has 0 fully saturated rings. The van der Waals surface area contributed by atoms with Gasteiger partial charge in [0.2, 0.25) is 0 Å². The lowest BCUT2D eigenvalue weighted by molar-refractivity contribution is -0.167. The van der Waals surface area contributed by atoms with Crippen molar-refractivity contribution >= 4 is 17.9 Å². The van der Waals surface area contributed by atoms with Crippen molar-refractivity contribution in [3.8, 4) is 0 Å². The Kier molecular flexibility index (Phi) is 51.5. The Morgan fingerprint density at radius 2 is 0.576 bits per heavy atom. The van der Waals surface area contributed by atoms with Crippen LogP contribution in [0.15, 0.2) is 0 Å². The van der Waals surface area contributed by atoms with Crippen LogP contribution in [0.4, 0.5) is 0 Å². The molecule has 0 aromatic heterocycles. The summed E-state index contributed by atoms with van der Waals surface area (Å²) in [6.07, 6.45) is 56.8. The molecular weight excluding hydrogens is 817 g/mol. The largest absolute Gasteiger partial charge is 0.462 e. The molecule has 0 spiro atoms. The number of carbonyl (C=O) groups is 3. The summed E-state index contributed by atoms with van der Waals surface area (Å²) in [4.78, 5) is 38.1. The van der Waals surface area contributed by atoms with Crippen molar-refractivity contribution in [3.63, 3.8) is 0 Å². The smallest absolute Gasteiger partial charge is 0.306 e. The van der Waals surface area contributed by atoms with E-state index in [2.05, 4.69) is 34.6 Å². The quantitative estimate of drug-likeness (QED) is 0.0343. The first-order chi connectivity index (χ1) is 32.3. The van der Waals surface area contributed by atoms with Crippen LogP contribution in [-0.4, -0.2) is 37.2 Å². The van der Waals surface area contributed by atoms with Crippen molar-refractivity contribution in [1.82, 2.24) is 0 Å². The van der Waals surface area contributed by atoms with Gasteiger partial charge < -0.3 is 14.2 Å². The molecule has 0 saturated heterocycles. The summed E-state index contributed by atoms with van der Waals surface area (Å²) in [5.74, 6) is 0.825. The van der Waals surface area contributed by atoms with Gasteiger partial charge in [-0.15, -0.1) is 0 Å². The second-order valence-electron chi connectivity index (χ2n) is 21.4. The molecule has 0 aliphatic carbocycles. The maximum Gasteiger partial charge on any atom is 0.306 e. The van der Waals surface area contributed by atoms with E-state index in [-0.39, 0.29) is 31.1 Å². The van der Waals surface area contributed by atoms with E-state index < -0.39 is 6.10 Å². The molecule has 6 heteroatoms. The third-order valence-electron chi connectivity index (χ3n) is 14.1. The average Bonchev–Trinajstić information content (AvgIpc) is 3.30. The lowest BCUT2D eigenvalue weighted by Gasteiger charge is -2.18. The van der Waals surface area contributed by atoms with Gasteiger partial charge in [0.25, 0.3) is 0 Å². The second kappa shape index (κ2) is 52.8. The van der Waals surface area contributed by atoms with Crippen LogP contribution in [0.5, 0.6) is 0 Å². The van der Waals surface area contributed by atoms with Crippen molar-refractivity contribution in [1.29, 1.82) is 0 Å². The number of unbranched alkanes of at least 4 members (excludes halogenated alkanes) is 38. The van der Waals surface area contributed by atoms with Gasteiger partial charge in [0.05, 0.1) is 0 Å². The summed E-state index contributed by atoms with van der Waals surface area (Å²) < 4.78 is 16.9. The van der Waals surface area contributed by atoms with E-state index in [9.17, 15) is 14.4 Å². The highest BCUT2D eigenvalue weighted by Gasteiger charge is 2.19. The zero-order valence-corrected chi connectivity index (χ0v) is 45.3. The highest BCUT2D eigenvalue weighted by molar-refractivity contribution is 5.71. The Labute approximate surface area is 412 Å². The maximum absolute atomic E-state index is 12.9. The van der Waals surface area contributed by atoms with Gasteiger partial charge in [-0.3, -0.25) is 14.4 Å². The van der Waals surface area contributed by atoms with Crippen molar-refractivity contribution < 1.29 is 28.6 Å². The molecule has 0 aromatic carbocycles. The van der Waals surface area contributed by atoms with Gasteiger partial charge in [0.1, 0.15) is 13.2 Å². The van der Waals surface area contributed by atoms with Crippen molar-refractivity contribution in [3.05, 3.63) is 0 Å². The number of hydrogen-bond acceptors (Lipinski definition) is 6. The van der Waals surface area contributed by atoms with E-state index in [0.717, 1.165) is 69.6 Å². The second-order valence-corrected chi connectivity index (χ2v) is 21.4. The van der Waals surface area contributed by atoms with Crippen LogP contribution in [-0.2, 0) is 28.6 Å². The Hall–Kier alpha value is -1.59.